The van der Waals surface area contributed by atoms with Gasteiger partial charge in [-0.2, -0.15) is 0 Å². The first-order valence-electron chi connectivity index (χ1n) is 6.09. The van der Waals surface area contributed by atoms with Gasteiger partial charge in [-0.25, -0.2) is 9.97 Å². The van der Waals surface area contributed by atoms with Crippen LogP contribution in [0.2, 0.25) is 0 Å². The van der Waals surface area contributed by atoms with E-state index in [-0.39, 0.29) is 0 Å². The van der Waals surface area contributed by atoms with Crippen LogP contribution in [0.1, 0.15) is 32.1 Å². The second-order valence-corrected chi connectivity index (χ2v) is 5.44. The Labute approximate surface area is 108 Å². The quantitative estimate of drug-likeness (QED) is 0.892. The van der Waals surface area contributed by atoms with Gasteiger partial charge in [0.2, 0.25) is 0 Å². The van der Waals surface area contributed by atoms with Gasteiger partial charge in [-0.15, -0.1) is 0 Å². The van der Waals surface area contributed by atoms with E-state index in [1.54, 1.807) is 6.33 Å². The second kappa shape index (κ2) is 4.64. The lowest BCUT2D eigenvalue weighted by molar-refractivity contribution is 0.462. The first-order chi connectivity index (χ1) is 8.33. The molecule has 3 rings (SSSR count). The van der Waals surface area contributed by atoms with Crippen molar-refractivity contribution in [3.8, 4) is 0 Å². The summed E-state index contributed by atoms with van der Waals surface area (Å²) in [5.74, 6) is 0.948. The van der Waals surface area contributed by atoms with Crippen LogP contribution in [0, 0.1) is 0 Å². The summed E-state index contributed by atoms with van der Waals surface area (Å²) < 4.78 is 0.944. The number of aromatic amines is 1. The zero-order valence-corrected chi connectivity index (χ0v) is 11.1. The van der Waals surface area contributed by atoms with Gasteiger partial charge in [0, 0.05) is 6.04 Å². The second-order valence-electron chi connectivity index (χ2n) is 4.58. The summed E-state index contributed by atoms with van der Waals surface area (Å²) in [5, 5.41) is 4.61. The molecular weight excluding hydrogens is 280 g/mol. The Hall–Kier alpha value is -1.10. The Morgan fingerprint density at radius 3 is 2.88 bits per heavy atom. The first kappa shape index (κ1) is 11.0. The van der Waals surface area contributed by atoms with Gasteiger partial charge in [0.1, 0.15) is 17.8 Å². The number of hydrogen-bond donors (Lipinski definition) is 2. The lowest BCUT2D eigenvalue weighted by Gasteiger charge is -2.23. The van der Waals surface area contributed by atoms with Crippen LogP contribution in [0.25, 0.3) is 11.0 Å². The van der Waals surface area contributed by atoms with Crippen LogP contribution in [0.3, 0.4) is 0 Å². The third-order valence-electron chi connectivity index (χ3n) is 3.34. The number of aromatic nitrogens is 3. The molecule has 0 aromatic carbocycles. The summed E-state index contributed by atoms with van der Waals surface area (Å²) in [4.78, 5) is 11.7. The topological polar surface area (TPSA) is 53.6 Å². The maximum absolute atomic E-state index is 4.35. The Morgan fingerprint density at radius 2 is 2.06 bits per heavy atom. The average molecular weight is 295 g/mol. The van der Waals surface area contributed by atoms with E-state index >= 15 is 0 Å². The van der Waals surface area contributed by atoms with E-state index in [0.29, 0.717) is 6.04 Å². The summed E-state index contributed by atoms with van der Waals surface area (Å²) in [6.45, 7) is 0. The molecule has 1 saturated carbocycles. The molecule has 0 bridgehead atoms. The van der Waals surface area contributed by atoms with Gasteiger partial charge in [-0.05, 0) is 34.8 Å². The summed E-state index contributed by atoms with van der Waals surface area (Å²) in [6.07, 6.45) is 8.11. The van der Waals surface area contributed by atoms with E-state index in [0.717, 1.165) is 21.5 Å². The Balaban J connectivity index is 1.88. The number of rotatable bonds is 2. The van der Waals surface area contributed by atoms with Gasteiger partial charge < -0.3 is 10.3 Å². The molecule has 1 fully saturated rings. The number of halogens is 1. The summed E-state index contributed by atoms with van der Waals surface area (Å²) in [5.41, 5.74) is 0.880. The Morgan fingerprint density at radius 1 is 1.24 bits per heavy atom. The standard InChI is InChI=1S/C12H15BrN4/c13-10-6-9-11(14-7-15-12(9)17-10)16-8-4-2-1-3-5-8/h6-8H,1-5H2,(H2,14,15,16,17). The predicted octanol–water partition coefficient (Wildman–Crippen LogP) is 3.47. The van der Waals surface area contributed by atoms with Gasteiger partial charge in [0.25, 0.3) is 0 Å². The first-order valence-corrected chi connectivity index (χ1v) is 6.88. The lowest BCUT2D eigenvalue weighted by Crippen LogP contribution is -2.22. The molecule has 0 saturated heterocycles. The molecule has 0 amide bonds. The molecule has 0 radical (unpaired) electrons. The van der Waals surface area contributed by atoms with Crippen LogP contribution >= 0.6 is 15.9 Å². The highest BCUT2D eigenvalue weighted by molar-refractivity contribution is 9.10. The van der Waals surface area contributed by atoms with Gasteiger partial charge in [-0.1, -0.05) is 19.3 Å². The fourth-order valence-electron chi connectivity index (χ4n) is 2.46. The van der Waals surface area contributed by atoms with E-state index in [1.165, 1.54) is 32.1 Å². The monoisotopic (exact) mass is 294 g/mol. The van der Waals surface area contributed by atoms with Crippen molar-refractivity contribution in [1.82, 2.24) is 15.0 Å². The molecule has 0 aliphatic heterocycles. The molecule has 2 heterocycles. The van der Waals surface area contributed by atoms with Crippen LogP contribution in [-0.4, -0.2) is 21.0 Å². The number of H-pyrrole nitrogens is 1. The molecule has 5 heteroatoms. The third-order valence-corrected chi connectivity index (χ3v) is 3.77. The summed E-state index contributed by atoms with van der Waals surface area (Å²) in [6, 6.07) is 2.59. The zero-order valence-electron chi connectivity index (χ0n) is 9.54. The van der Waals surface area contributed by atoms with Crippen molar-refractivity contribution in [3.63, 3.8) is 0 Å². The maximum atomic E-state index is 4.35. The van der Waals surface area contributed by atoms with Crippen molar-refractivity contribution in [3.05, 3.63) is 17.0 Å². The largest absolute Gasteiger partial charge is 0.367 e. The summed E-state index contributed by atoms with van der Waals surface area (Å²) in [7, 11) is 0. The van der Waals surface area contributed by atoms with Gasteiger partial charge in [0.15, 0.2) is 0 Å². The van der Waals surface area contributed by atoms with Gasteiger partial charge in [0.05, 0.1) is 9.99 Å². The molecule has 1 aliphatic carbocycles. The minimum Gasteiger partial charge on any atom is -0.367 e. The number of nitrogens with zero attached hydrogens (tertiary/aromatic N) is 2. The number of hydrogen-bond acceptors (Lipinski definition) is 3. The fraction of sp³-hybridized carbons (Fsp3) is 0.500. The van der Waals surface area contributed by atoms with E-state index < -0.39 is 0 Å². The molecule has 0 atom stereocenters. The van der Waals surface area contributed by atoms with Crippen molar-refractivity contribution < 1.29 is 0 Å². The molecule has 1 aliphatic rings. The normalized spacial score (nSPS) is 17.5. The van der Waals surface area contributed by atoms with E-state index in [9.17, 15) is 0 Å². The van der Waals surface area contributed by atoms with Gasteiger partial charge >= 0.3 is 0 Å². The third kappa shape index (κ3) is 2.29. The molecule has 2 aromatic heterocycles. The average Bonchev–Trinajstić information content (AvgIpc) is 2.72. The van der Waals surface area contributed by atoms with Crippen molar-refractivity contribution in [2.24, 2.45) is 0 Å². The van der Waals surface area contributed by atoms with Gasteiger partial charge in [-0.3, -0.25) is 0 Å². The molecule has 90 valence electrons. The highest BCUT2D eigenvalue weighted by Crippen LogP contribution is 2.26. The maximum Gasteiger partial charge on any atom is 0.143 e. The predicted molar refractivity (Wildman–Crippen MR) is 72.1 cm³/mol. The van der Waals surface area contributed by atoms with Crippen molar-refractivity contribution >= 4 is 32.8 Å². The lowest BCUT2D eigenvalue weighted by atomic mass is 9.95. The SMILES string of the molecule is Brc1cc2c(NC3CCCCC3)ncnc2[nH]1. The van der Waals surface area contributed by atoms with Crippen LogP contribution in [0.15, 0.2) is 17.0 Å². The molecule has 17 heavy (non-hydrogen) atoms. The van der Waals surface area contributed by atoms with Crippen LogP contribution in [-0.2, 0) is 0 Å². The Bertz CT molecular complexity index is 516. The molecular formula is C12H15BrN4. The molecule has 2 N–H and O–H groups in total. The highest BCUT2D eigenvalue weighted by atomic mass is 79.9. The number of fused-ring (bicyclic) bond motifs is 1. The van der Waals surface area contributed by atoms with Crippen LogP contribution in [0.4, 0.5) is 5.82 Å². The molecule has 4 nitrogen and oxygen atoms in total. The molecule has 0 unspecified atom stereocenters. The van der Waals surface area contributed by atoms with Crippen LogP contribution in [0.5, 0.6) is 0 Å². The summed E-state index contributed by atoms with van der Waals surface area (Å²) >= 11 is 3.43. The number of anilines is 1. The van der Waals surface area contributed by atoms with E-state index in [4.69, 9.17) is 0 Å². The minimum absolute atomic E-state index is 0.565. The highest BCUT2D eigenvalue weighted by Gasteiger charge is 2.15. The molecule has 0 spiro atoms. The Kier molecular flexibility index (Phi) is 3.01. The number of nitrogens with one attached hydrogen (secondary N) is 2. The van der Waals surface area contributed by atoms with E-state index in [2.05, 4.69) is 36.2 Å². The van der Waals surface area contributed by atoms with Crippen molar-refractivity contribution in [2.75, 3.05) is 5.32 Å². The minimum atomic E-state index is 0.565. The molecule has 2 aromatic rings. The van der Waals surface area contributed by atoms with Crippen molar-refractivity contribution in [1.29, 1.82) is 0 Å². The van der Waals surface area contributed by atoms with E-state index in [1.807, 2.05) is 6.07 Å². The smallest absolute Gasteiger partial charge is 0.143 e. The fourth-order valence-corrected chi connectivity index (χ4v) is 2.88. The van der Waals surface area contributed by atoms with Crippen molar-refractivity contribution in [2.45, 2.75) is 38.1 Å². The van der Waals surface area contributed by atoms with Crippen LogP contribution < -0.4 is 5.32 Å². The zero-order chi connectivity index (χ0) is 11.7.